The lowest BCUT2D eigenvalue weighted by atomic mass is 10.0. The van der Waals surface area contributed by atoms with Gasteiger partial charge in [0.1, 0.15) is 5.82 Å². The lowest BCUT2D eigenvalue weighted by molar-refractivity contribution is 0.0912. The van der Waals surface area contributed by atoms with Crippen molar-refractivity contribution in [3.05, 3.63) is 34.6 Å². The molecule has 1 aromatic carbocycles. The van der Waals surface area contributed by atoms with Crippen molar-refractivity contribution in [2.75, 3.05) is 5.33 Å². The van der Waals surface area contributed by atoms with E-state index in [1.165, 1.54) is 18.2 Å². The lowest BCUT2D eigenvalue weighted by Crippen LogP contribution is -2.43. The molecule has 0 fully saturated rings. The van der Waals surface area contributed by atoms with Gasteiger partial charge in [0.05, 0.1) is 5.02 Å². The first-order chi connectivity index (χ1) is 7.85. The van der Waals surface area contributed by atoms with Crippen molar-refractivity contribution in [2.45, 2.75) is 25.8 Å². The molecule has 1 N–H and O–H groups in total. The average Bonchev–Trinajstić information content (AvgIpc) is 2.21. The summed E-state index contributed by atoms with van der Waals surface area (Å²) in [7, 11) is 0. The van der Waals surface area contributed by atoms with Crippen LogP contribution in [0.2, 0.25) is 5.02 Å². The third-order valence-electron chi connectivity index (χ3n) is 2.35. The topological polar surface area (TPSA) is 29.1 Å². The average molecular weight is 323 g/mol. The third-order valence-corrected chi connectivity index (χ3v) is 3.04. The molecule has 0 aliphatic heterocycles. The Morgan fingerprint density at radius 3 is 2.71 bits per heavy atom. The quantitative estimate of drug-likeness (QED) is 0.840. The van der Waals surface area contributed by atoms with Crippen LogP contribution in [0.25, 0.3) is 0 Å². The standard InChI is InChI=1S/C12H14BrClFNO/c1-12(2,5-6-13)16-11(17)8-3-4-10(15)9(14)7-8/h3-4,7H,5-6H2,1-2H3,(H,16,17). The van der Waals surface area contributed by atoms with Crippen molar-refractivity contribution in [3.8, 4) is 0 Å². The molecule has 2 nitrogen and oxygen atoms in total. The van der Waals surface area contributed by atoms with Crippen LogP contribution >= 0.6 is 27.5 Å². The summed E-state index contributed by atoms with van der Waals surface area (Å²) in [5.74, 6) is -0.777. The fourth-order valence-corrected chi connectivity index (χ4v) is 2.49. The van der Waals surface area contributed by atoms with E-state index in [-0.39, 0.29) is 16.5 Å². The van der Waals surface area contributed by atoms with Crippen LogP contribution < -0.4 is 5.32 Å². The summed E-state index contributed by atoms with van der Waals surface area (Å²) in [6.07, 6.45) is 0.799. The van der Waals surface area contributed by atoms with Gasteiger partial charge in [-0.05, 0) is 38.5 Å². The van der Waals surface area contributed by atoms with Crippen LogP contribution in [0.5, 0.6) is 0 Å². The SMILES string of the molecule is CC(C)(CCBr)NC(=O)c1ccc(F)c(Cl)c1. The van der Waals surface area contributed by atoms with E-state index < -0.39 is 5.82 Å². The fourth-order valence-electron chi connectivity index (χ4n) is 1.32. The van der Waals surface area contributed by atoms with E-state index in [4.69, 9.17) is 11.6 Å². The van der Waals surface area contributed by atoms with Crippen LogP contribution in [0.1, 0.15) is 30.6 Å². The van der Waals surface area contributed by atoms with Crippen molar-refractivity contribution in [3.63, 3.8) is 0 Å². The summed E-state index contributed by atoms with van der Waals surface area (Å²) in [6.45, 7) is 3.86. The second-order valence-electron chi connectivity index (χ2n) is 4.41. The van der Waals surface area contributed by atoms with Crippen LogP contribution in [0.15, 0.2) is 18.2 Å². The van der Waals surface area contributed by atoms with Gasteiger partial charge in [-0.1, -0.05) is 27.5 Å². The Hall–Kier alpha value is -0.610. The Morgan fingerprint density at radius 1 is 1.53 bits per heavy atom. The normalized spacial score (nSPS) is 11.4. The highest BCUT2D eigenvalue weighted by molar-refractivity contribution is 9.09. The summed E-state index contributed by atoms with van der Waals surface area (Å²) in [6, 6.07) is 3.94. The Kier molecular flexibility index (Phi) is 4.95. The first-order valence-corrected chi connectivity index (χ1v) is 6.69. The molecule has 0 radical (unpaired) electrons. The number of benzene rings is 1. The smallest absolute Gasteiger partial charge is 0.251 e. The predicted molar refractivity (Wildman–Crippen MR) is 71.4 cm³/mol. The summed E-state index contributed by atoms with van der Waals surface area (Å²) in [4.78, 5) is 11.9. The maximum Gasteiger partial charge on any atom is 0.251 e. The molecular weight excluding hydrogens is 308 g/mol. The second-order valence-corrected chi connectivity index (χ2v) is 5.61. The summed E-state index contributed by atoms with van der Waals surface area (Å²) >= 11 is 8.96. The van der Waals surface area contributed by atoms with Crippen molar-refractivity contribution in [1.29, 1.82) is 0 Å². The number of rotatable bonds is 4. The van der Waals surface area contributed by atoms with E-state index in [2.05, 4.69) is 21.2 Å². The van der Waals surface area contributed by atoms with E-state index in [1.54, 1.807) is 0 Å². The zero-order valence-corrected chi connectivity index (χ0v) is 12.0. The largest absolute Gasteiger partial charge is 0.347 e. The molecule has 0 aliphatic rings. The van der Waals surface area contributed by atoms with E-state index in [0.717, 1.165) is 11.8 Å². The van der Waals surface area contributed by atoms with Gasteiger partial charge >= 0.3 is 0 Å². The predicted octanol–water partition coefficient (Wildman–Crippen LogP) is 3.77. The molecule has 0 aliphatic carbocycles. The number of hydrogen-bond donors (Lipinski definition) is 1. The monoisotopic (exact) mass is 321 g/mol. The molecule has 0 spiro atoms. The summed E-state index contributed by atoms with van der Waals surface area (Å²) in [5, 5.41) is 3.62. The van der Waals surface area contributed by atoms with Crippen LogP contribution in [0.3, 0.4) is 0 Å². The van der Waals surface area contributed by atoms with Gasteiger partial charge in [0.2, 0.25) is 0 Å². The Labute approximate surface area is 114 Å². The minimum Gasteiger partial charge on any atom is -0.347 e. The molecular formula is C12H14BrClFNO. The molecule has 0 atom stereocenters. The first-order valence-electron chi connectivity index (χ1n) is 5.19. The van der Waals surface area contributed by atoms with E-state index >= 15 is 0 Å². The van der Waals surface area contributed by atoms with Gasteiger partial charge in [-0.2, -0.15) is 0 Å². The number of halogens is 3. The van der Waals surface area contributed by atoms with Crippen molar-refractivity contribution in [1.82, 2.24) is 5.32 Å². The minimum atomic E-state index is -0.525. The van der Waals surface area contributed by atoms with E-state index in [0.29, 0.717) is 5.56 Å². The van der Waals surface area contributed by atoms with Gasteiger partial charge in [-0.25, -0.2) is 4.39 Å². The number of nitrogens with one attached hydrogen (secondary N) is 1. The zero-order valence-electron chi connectivity index (χ0n) is 9.69. The fraction of sp³-hybridized carbons (Fsp3) is 0.417. The summed E-state index contributed by atoms with van der Waals surface area (Å²) < 4.78 is 13.0. The van der Waals surface area contributed by atoms with Crippen LogP contribution in [0.4, 0.5) is 4.39 Å². The number of amides is 1. The summed E-state index contributed by atoms with van der Waals surface area (Å²) in [5.41, 5.74) is 0.0422. The zero-order chi connectivity index (χ0) is 13.1. The molecule has 5 heteroatoms. The van der Waals surface area contributed by atoms with Crippen LogP contribution in [-0.4, -0.2) is 16.8 Å². The Morgan fingerprint density at radius 2 is 2.18 bits per heavy atom. The van der Waals surface area contributed by atoms with Crippen molar-refractivity contribution in [2.24, 2.45) is 0 Å². The highest BCUT2D eigenvalue weighted by Gasteiger charge is 2.20. The number of carbonyl (C=O) groups is 1. The third kappa shape index (κ3) is 4.28. The molecule has 0 bridgehead atoms. The van der Waals surface area contributed by atoms with Crippen molar-refractivity contribution < 1.29 is 9.18 Å². The highest BCUT2D eigenvalue weighted by atomic mass is 79.9. The second kappa shape index (κ2) is 5.83. The van der Waals surface area contributed by atoms with Gasteiger partial charge in [-0.15, -0.1) is 0 Å². The molecule has 0 saturated carbocycles. The van der Waals surface area contributed by atoms with Crippen LogP contribution in [0, 0.1) is 5.82 Å². The molecule has 0 saturated heterocycles. The molecule has 94 valence electrons. The minimum absolute atomic E-state index is 0.0454. The number of hydrogen-bond acceptors (Lipinski definition) is 1. The van der Waals surface area contributed by atoms with Gasteiger partial charge in [0.15, 0.2) is 0 Å². The number of carbonyl (C=O) groups excluding carboxylic acids is 1. The molecule has 0 heterocycles. The van der Waals surface area contributed by atoms with Gasteiger partial charge in [-0.3, -0.25) is 4.79 Å². The van der Waals surface area contributed by atoms with Gasteiger partial charge in [0, 0.05) is 16.4 Å². The Balaban J connectivity index is 2.80. The molecule has 0 aromatic heterocycles. The molecule has 1 amide bonds. The van der Waals surface area contributed by atoms with E-state index in [9.17, 15) is 9.18 Å². The Bertz CT molecular complexity index is 423. The first kappa shape index (κ1) is 14.5. The molecule has 1 aromatic rings. The maximum atomic E-state index is 13.0. The maximum absolute atomic E-state index is 13.0. The molecule has 0 unspecified atom stereocenters. The molecule has 17 heavy (non-hydrogen) atoms. The van der Waals surface area contributed by atoms with E-state index in [1.807, 2.05) is 13.8 Å². The molecule has 1 rings (SSSR count). The van der Waals surface area contributed by atoms with Crippen LogP contribution in [-0.2, 0) is 0 Å². The number of alkyl halides is 1. The van der Waals surface area contributed by atoms with Gasteiger partial charge < -0.3 is 5.32 Å². The van der Waals surface area contributed by atoms with Crippen molar-refractivity contribution >= 4 is 33.4 Å². The highest BCUT2D eigenvalue weighted by Crippen LogP contribution is 2.17. The lowest BCUT2D eigenvalue weighted by Gasteiger charge is -2.25. The van der Waals surface area contributed by atoms with Gasteiger partial charge in [0.25, 0.3) is 5.91 Å².